The molecule has 0 fully saturated rings. The molecule has 0 rings (SSSR count). The van der Waals surface area contributed by atoms with E-state index < -0.39 is 17.4 Å². The third-order valence-corrected chi connectivity index (χ3v) is 1.80. The molecule has 8 heavy (non-hydrogen) atoms. The fraction of sp³-hybridized carbons (Fsp3) is 1.00. The smallest absolute Gasteiger partial charge is 0.259 e. The van der Waals surface area contributed by atoms with Crippen LogP contribution in [0.5, 0.6) is 0 Å². The summed E-state index contributed by atoms with van der Waals surface area (Å²) < 4.78 is 23.8. The molecule has 1 atom stereocenters. The third kappa shape index (κ3) is 2.57. The van der Waals surface area contributed by atoms with Gasteiger partial charge >= 0.3 is 0 Å². The van der Waals surface area contributed by atoms with Gasteiger partial charge in [-0.3, -0.25) is 0 Å². The van der Waals surface area contributed by atoms with Gasteiger partial charge in [0.25, 0.3) is 5.92 Å². The van der Waals surface area contributed by atoms with Gasteiger partial charge in [0.05, 0.1) is 6.61 Å². The fourth-order valence-corrected chi connectivity index (χ4v) is 0.160. The summed E-state index contributed by atoms with van der Waals surface area (Å²) in [6.07, 6.45) is 0. The Kier molecular flexibility index (Phi) is 2.83. The second kappa shape index (κ2) is 2.73. The first-order chi connectivity index (χ1) is 3.48. The van der Waals surface area contributed by atoms with E-state index >= 15 is 0 Å². The summed E-state index contributed by atoms with van der Waals surface area (Å²) in [7, 11) is 0. The van der Waals surface area contributed by atoms with Gasteiger partial charge in [-0.2, -0.15) is 0 Å². The molecule has 0 heterocycles. The minimum absolute atomic E-state index is 0.538. The number of aliphatic hydroxyl groups is 1. The predicted octanol–water partition coefficient (Wildman–Crippen LogP) is 1.40. The molecule has 0 aliphatic carbocycles. The van der Waals surface area contributed by atoms with Crippen molar-refractivity contribution in [1.29, 1.82) is 0 Å². The lowest BCUT2D eigenvalue weighted by atomic mass is 10.3. The van der Waals surface area contributed by atoms with Crippen molar-refractivity contribution in [1.82, 2.24) is 0 Å². The molecule has 0 radical (unpaired) electrons. The molecule has 0 saturated carbocycles. The first-order valence-corrected chi connectivity index (χ1v) is 3.03. The lowest BCUT2D eigenvalue weighted by Gasteiger charge is -2.13. The molecule has 1 N–H and O–H groups in total. The SMILES string of the molecule is CC(F)(F)C(Br)CO. The number of hydrogen-bond acceptors (Lipinski definition) is 1. The Balaban J connectivity index is 3.62. The summed E-state index contributed by atoms with van der Waals surface area (Å²) in [6, 6.07) is 0. The first-order valence-electron chi connectivity index (χ1n) is 2.11. The summed E-state index contributed by atoms with van der Waals surface area (Å²) in [4.78, 5) is -1.12. The zero-order chi connectivity index (χ0) is 6.78. The Morgan fingerprint density at radius 1 is 1.75 bits per heavy atom. The van der Waals surface area contributed by atoms with Crippen molar-refractivity contribution in [2.24, 2.45) is 0 Å². The van der Waals surface area contributed by atoms with Gasteiger partial charge in [-0.1, -0.05) is 15.9 Å². The number of aliphatic hydroxyl groups excluding tert-OH is 1. The lowest BCUT2D eigenvalue weighted by Crippen LogP contribution is -2.27. The molecule has 0 aliphatic heterocycles. The molecule has 1 nitrogen and oxygen atoms in total. The van der Waals surface area contributed by atoms with Crippen LogP contribution in [0.1, 0.15) is 6.92 Å². The Bertz CT molecular complexity index is 70.9. The van der Waals surface area contributed by atoms with E-state index in [0.29, 0.717) is 0 Å². The van der Waals surface area contributed by atoms with Crippen LogP contribution in [0.25, 0.3) is 0 Å². The average molecular weight is 189 g/mol. The van der Waals surface area contributed by atoms with Crippen LogP contribution in [0.3, 0.4) is 0 Å². The molecule has 0 spiro atoms. The maximum absolute atomic E-state index is 11.9. The van der Waals surface area contributed by atoms with Gasteiger partial charge in [0, 0.05) is 6.92 Å². The molecule has 4 heteroatoms. The van der Waals surface area contributed by atoms with Gasteiger partial charge in [0.2, 0.25) is 0 Å². The van der Waals surface area contributed by atoms with Crippen molar-refractivity contribution in [2.45, 2.75) is 17.7 Å². The van der Waals surface area contributed by atoms with E-state index in [1.165, 1.54) is 0 Å². The standard InChI is InChI=1S/C4H7BrF2O/c1-4(6,7)3(5)2-8/h3,8H,2H2,1H3. The van der Waals surface area contributed by atoms with E-state index in [4.69, 9.17) is 5.11 Å². The Hall–Kier alpha value is 0.300. The third-order valence-electron chi connectivity index (χ3n) is 0.710. The zero-order valence-electron chi connectivity index (χ0n) is 4.37. The molecule has 0 aromatic carbocycles. The second-order valence-electron chi connectivity index (χ2n) is 1.61. The molecule has 50 valence electrons. The second-order valence-corrected chi connectivity index (χ2v) is 2.71. The maximum atomic E-state index is 11.9. The van der Waals surface area contributed by atoms with Crippen LogP contribution < -0.4 is 0 Å². The van der Waals surface area contributed by atoms with Crippen LogP contribution in [-0.2, 0) is 0 Å². The van der Waals surface area contributed by atoms with Crippen molar-refractivity contribution in [2.75, 3.05) is 6.61 Å². The highest BCUT2D eigenvalue weighted by molar-refractivity contribution is 9.09. The van der Waals surface area contributed by atoms with Crippen molar-refractivity contribution in [3.63, 3.8) is 0 Å². The molecule has 1 unspecified atom stereocenters. The minimum atomic E-state index is -2.82. The molecule has 0 amide bonds. The van der Waals surface area contributed by atoms with Crippen molar-refractivity contribution >= 4 is 15.9 Å². The maximum Gasteiger partial charge on any atom is 0.259 e. The Morgan fingerprint density at radius 3 is 2.12 bits per heavy atom. The Morgan fingerprint density at radius 2 is 2.12 bits per heavy atom. The van der Waals surface area contributed by atoms with Gasteiger partial charge < -0.3 is 5.11 Å². The van der Waals surface area contributed by atoms with Crippen LogP contribution in [-0.4, -0.2) is 22.5 Å². The van der Waals surface area contributed by atoms with Crippen LogP contribution in [0, 0.1) is 0 Å². The summed E-state index contributed by atoms with van der Waals surface area (Å²) in [6.45, 7) is 0.214. The van der Waals surface area contributed by atoms with E-state index in [1.807, 2.05) is 0 Å². The quantitative estimate of drug-likeness (QED) is 0.651. The van der Waals surface area contributed by atoms with Gasteiger partial charge in [0.1, 0.15) is 4.83 Å². The van der Waals surface area contributed by atoms with Gasteiger partial charge in [-0.05, 0) is 0 Å². The fourth-order valence-electron chi connectivity index (χ4n) is 0.160. The monoisotopic (exact) mass is 188 g/mol. The largest absolute Gasteiger partial charge is 0.395 e. The molecule has 0 aromatic rings. The summed E-state index contributed by atoms with van der Waals surface area (Å²) in [5, 5.41) is 8.14. The lowest BCUT2D eigenvalue weighted by molar-refractivity contribution is 0.00732. The molecular formula is C4H7BrF2O. The Labute approximate surface area is 54.8 Å². The zero-order valence-corrected chi connectivity index (χ0v) is 5.95. The molecule has 0 saturated heterocycles. The first kappa shape index (κ1) is 8.30. The van der Waals surface area contributed by atoms with Crippen molar-refractivity contribution < 1.29 is 13.9 Å². The van der Waals surface area contributed by atoms with E-state index in [2.05, 4.69) is 15.9 Å². The topological polar surface area (TPSA) is 20.2 Å². The minimum Gasteiger partial charge on any atom is -0.395 e. The summed E-state index contributed by atoms with van der Waals surface area (Å²) in [5.41, 5.74) is 0. The van der Waals surface area contributed by atoms with Crippen LogP contribution >= 0.6 is 15.9 Å². The highest BCUT2D eigenvalue weighted by Crippen LogP contribution is 2.22. The van der Waals surface area contributed by atoms with Crippen LogP contribution in [0.2, 0.25) is 0 Å². The van der Waals surface area contributed by atoms with Gasteiger partial charge in [-0.15, -0.1) is 0 Å². The summed E-state index contributed by atoms with van der Waals surface area (Å²) in [5.74, 6) is -2.82. The number of halogens is 3. The highest BCUT2D eigenvalue weighted by atomic mass is 79.9. The van der Waals surface area contributed by atoms with Crippen molar-refractivity contribution in [3.05, 3.63) is 0 Å². The number of rotatable bonds is 2. The average Bonchev–Trinajstić information content (AvgIpc) is 1.62. The van der Waals surface area contributed by atoms with E-state index in [0.717, 1.165) is 6.92 Å². The number of alkyl halides is 3. The van der Waals surface area contributed by atoms with E-state index in [-0.39, 0.29) is 0 Å². The highest BCUT2D eigenvalue weighted by Gasteiger charge is 2.30. The van der Waals surface area contributed by atoms with Gasteiger partial charge in [0.15, 0.2) is 0 Å². The van der Waals surface area contributed by atoms with E-state index in [1.54, 1.807) is 0 Å². The van der Waals surface area contributed by atoms with Crippen LogP contribution in [0.4, 0.5) is 8.78 Å². The van der Waals surface area contributed by atoms with Crippen LogP contribution in [0.15, 0.2) is 0 Å². The summed E-state index contributed by atoms with van der Waals surface area (Å²) >= 11 is 2.60. The molecule has 0 aromatic heterocycles. The molecule has 0 bridgehead atoms. The predicted molar refractivity (Wildman–Crippen MR) is 30.4 cm³/mol. The normalized spacial score (nSPS) is 16.1. The molecular weight excluding hydrogens is 182 g/mol. The molecule has 0 aliphatic rings. The van der Waals surface area contributed by atoms with Gasteiger partial charge in [-0.25, -0.2) is 8.78 Å². The number of hydrogen-bond donors (Lipinski definition) is 1. The van der Waals surface area contributed by atoms with Crippen molar-refractivity contribution in [3.8, 4) is 0 Å². The van der Waals surface area contributed by atoms with E-state index in [9.17, 15) is 8.78 Å².